The van der Waals surface area contributed by atoms with Gasteiger partial charge in [-0.25, -0.2) is 13.1 Å². The minimum absolute atomic E-state index is 0. The predicted octanol–water partition coefficient (Wildman–Crippen LogP) is 3.10. The zero-order valence-corrected chi connectivity index (χ0v) is 17.5. The van der Waals surface area contributed by atoms with Crippen LogP contribution in [0.2, 0.25) is 0 Å². The lowest BCUT2D eigenvalue weighted by molar-refractivity contribution is 0.372. The molecule has 0 radical (unpaired) electrons. The topological polar surface area (TPSA) is 111 Å². The Morgan fingerprint density at radius 1 is 1.26 bits per heavy atom. The van der Waals surface area contributed by atoms with Crippen LogP contribution in [0.3, 0.4) is 0 Å². The van der Waals surface area contributed by atoms with Crippen molar-refractivity contribution in [2.24, 2.45) is 5.73 Å². The molecule has 2 aromatic rings. The first kappa shape index (κ1) is 21.8. The van der Waals surface area contributed by atoms with Crippen molar-refractivity contribution in [3.63, 3.8) is 0 Å². The Kier molecular flexibility index (Phi) is 6.36. The molecule has 0 unspecified atom stereocenters. The Morgan fingerprint density at radius 3 is 2.56 bits per heavy atom. The minimum Gasteiger partial charge on any atom is -0.334 e. The lowest BCUT2D eigenvalue weighted by Crippen LogP contribution is -2.41. The van der Waals surface area contributed by atoms with Gasteiger partial charge in [-0.15, -0.1) is 12.4 Å². The molecule has 3 N–H and O–H groups in total. The summed E-state index contributed by atoms with van der Waals surface area (Å²) in [6, 6.07) is 7.14. The fraction of sp³-hybridized carbons (Fsp3) is 0.556. The molecule has 1 aliphatic carbocycles. The SMILES string of the molecule is CC(C)(C)NS(=O)(=O)Cc1cccc(-c2nc(C3(N)CCCC3)no2)c1.Cl. The first-order valence-corrected chi connectivity index (χ1v) is 10.5. The molecule has 150 valence electrons. The van der Waals surface area contributed by atoms with E-state index in [0.29, 0.717) is 22.8 Å². The van der Waals surface area contributed by atoms with Gasteiger partial charge in [-0.3, -0.25) is 0 Å². The van der Waals surface area contributed by atoms with Gasteiger partial charge in [-0.05, 0) is 51.3 Å². The molecule has 0 aliphatic heterocycles. The van der Waals surface area contributed by atoms with Gasteiger partial charge >= 0.3 is 0 Å². The second-order valence-corrected chi connectivity index (χ2v) is 9.82. The van der Waals surface area contributed by atoms with Gasteiger partial charge in [0, 0.05) is 11.1 Å². The van der Waals surface area contributed by atoms with E-state index in [9.17, 15) is 8.42 Å². The third-order valence-electron chi connectivity index (χ3n) is 4.36. The lowest BCUT2D eigenvalue weighted by atomic mass is 9.98. The van der Waals surface area contributed by atoms with Crippen molar-refractivity contribution in [1.82, 2.24) is 14.9 Å². The molecule has 0 bridgehead atoms. The lowest BCUT2D eigenvalue weighted by Gasteiger charge is -2.20. The molecule has 1 aromatic heterocycles. The first-order chi connectivity index (χ1) is 12.1. The van der Waals surface area contributed by atoms with Crippen LogP contribution in [0.1, 0.15) is 57.8 Å². The van der Waals surface area contributed by atoms with Gasteiger partial charge in [0.25, 0.3) is 5.89 Å². The van der Waals surface area contributed by atoms with Crippen LogP contribution >= 0.6 is 12.4 Å². The number of aromatic nitrogens is 2. The number of hydrogen-bond donors (Lipinski definition) is 2. The molecule has 0 saturated heterocycles. The average Bonchev–Trinajstić information content (AvgIpc) is 3.14. The average molecular weight is 415 g/mol. The fourth-order valence-electron chi connectivity index (χ4n) is 3.29. The zero-order valence-electron chi connectivity index (χ0n) is 15.9. The van der Waals surface area contributed by atoms with Crippen LogP contribution in [0.4, 0.5) is 0 Å². The highest BCUT2D eigenvalue weighted by Gasteiger charge is 2.36. The highest BCUT2D eigenvalue weighted by atomic mass is 35.5. The molecule has 0 amide bonds. The van der Waals surface area contributed by atoms with Gasteiger partial charge in [-0.2, -0.15) is 4.98 Å². The normalized spacial score (nSPS) is 16.9. The summed E-state index contributed by atoms with van der Waals surface area (Å²) >= 11 is 0. The first-order valence-electron chi connectivity index (χ1n) is 8.80. The van der Waals surface area contributed by atoms with E-state index < -0.39 is 21.1 Å². The van der Waals surface area contributed by atoms with E-state index in [1.165, 1.54) is 0 Å². The Bertz CT molecular complexity index is 884. The van der Waals surface area contributed by atoms with Gasteiger partial charge < -0.3 is 10.3 Å². The summed E-state index contributed by atoms with van der Waals surface area (Å²) in [7, 11) is -3.45. The van der Waals surface area contributed by atoms with E-state index in [-0.39, 0.29) is 18.2 Å². The van der Waals surface area contributed by atoms with Crippen LogP contribution in [0.5, 0.6) is 0 Å². The Morgan fingerprint density at radius 2 is 1.93 bits per heavy atom. The molecule has 3 rings (SSSR count). The molecule has 1 fully saturated rings. The molecule has 7 nitrogen and oxygen atoms in total. The van der Waals surface area contributed by atoms with E-state index in [2.05, 4.69) is 14.9 Å². The third kappa shape index (κ3) is 5.51. The quantitative estimate of drug-likeness (QED) is 0.777. The molecular formula is C18H27ClN4O3S. The number of nitrogens with one attached hydrogen (secondary N) is 1. The number of benzene rings is 1. The van der Waals surface area contributed by atoms with Crippen LogP contribution in [0.15, 0.2) is 28.8 Å². The van der Waals surface area contributed by atoms with Gasteiger partial charge in [0.1, 0.15) is 0 Å². The summed E-state index contributed by atoms with van der Waals surface area (Å²) in [5, 5.41) is 4.06. The number of hydrogen-bond acceptors (Lipinski definition) is 6. The van der Waals surface area contributed by atoms with Crippen LogP contribution < -0.4 is 10.5 Å². The van der Waals surface area contributed by atoms with Crippen LogP contribution in [0.25, 0.3) is 11.5 Å². The summed E-state index contributed by atoms with van der Waals surface area (Å²) in [5.41, 5.74) is 6.68. The molecule has 1 saturated carbocycles. The van der Waals surface area contributed by atoms with Crippen molar-refractivity contribution in [3.05, 3.63) is 35.7 Å². The van der Waals surface area contributed by atoms with Gasteiger partial charge in [0.2, 0.25) is 10.0 Å². The van der Waals surface area contributed by atoms with E-state index in [1.54, 1.807) is 18.2 Å². The van der Waals surface area contributed by atoms with Crippen LogP contribution in [-0.4, -0.2) is 24.1 Å². The fourth-order valence-corrected chi connectivity index (χ4v) is 4.91. The molecule has 9 heteroatoms. The number of nitrogens with zero attached hydrogens (tertiary/aromatic N) is 2. The molecule has 0 atom stereocenters. The van der Waals surface area contributed by atoms with Crippen LogP contribution in [-0.2, 0) is 21.3 Å². The molecule has 1 heterocycles. The summed E-state index contributed by atoms with van der Waals surface area (Å²) in [5.74, 6) is 0.775. The summed E-state index contributed by atoms with van der Waals surface area (Å²) in [4.78, 5) is 4.46. The number of nitrogens with two attached hydrogens (primary N) is 1. The smallest absolute Gasteiger partial charge is 0.258 e. The Hall–Kier alpha value is -1.48. The van der Waals surface area contributed by atoms with Crippen molar-refractivity contribution in [1.29, 1.82) is 0 Å². The maximum Gasteiger partial charge on any atom is 0.258 e. The van der Waals surface area contributed by atoms with Gasteiger partial charge in [0.15, 0.2) is 5.82 Å². The summed E-state index contributed by atoms with van der Waals surface area (Å²) < 4.78 is 32.7. The Labute approximate surface area is 166 Å². The molecule has 1 aromatic carbocycles. The third-order valence-corrected chi connectivity index (χ3v) is 6.00. The largest absolute Gasteiger partial charge is 0.334 e. The van der Waals surface area contributed by atoms with Gasteiger partial charge in [-0.1, -0.05) is 30.1 Å². The molecule has 27 heavy (non-hydrogen) atoms. The van der Waals surface area contributed by atoms with Crippen molar-refractivity contribution in [3.8, 4) is 11.5 Å². The van der Waals surface area contributed by atoms with Crippen molar-refractivity contribution >= 4 is 22.4 Å². The Balaban J connectivity index is 0.00000261. The predicted molar refractivity (Wildman–Crippen MR) is 107 cm³/mol. The number of rotatable bonds is 5. The van der Waals surface area contributed by atoms with E-state index in [1.807, 2.05) is 26.8 Å². The molecule has 1 aliphatic rings. The van der Waals surface area contributed by atoms with Crippen LogP contribution in [0, 0.1) is 0 Å². The monoisotopic (exact) mass is 414 g/mol. The maximum atomic E-state index is 12.3. The number of halogens is 1. The minimum atomic E-state index is -3.45. The van der Waals surface area contributed by atoms with Crippen molar-refractivity contribution in [2.75, 3.05) is 0 Å². The highest BCUT2D eigenvalue weighted by Crippen LogP contribution is 2.35. The second-order valence-electron chi connectivity index (χ2n) is 8.10. The summed E-state index contributed by atoms with van der Waals surface area (Å²) in [6.45, 7) is 5.44. The standard InChI is InChI=1S/C18H26N4O3S.ClH/c1-17(2,3)22-26(23,24)12-13-7-6-8-14(11-13)15-20-16(21-25-15)18(19)9-4-5-10-18;/h6-8,11,22H,4-5,9-10,12,19H2,1-3H3;1H. The van der Waals surface area contributed by atoms with Crippen molar-refractivity contribution < 1.29 is 12.9 Å². The summed E-state index contributed by atoms with van der Waals surface area (Å²) in [6.07, 6.45) is 3.83. The van der Waals surface area contributed by atoms with E-state index >= 15 is 0 Å². The number of sulfonamides is 1. The van der Waals surface area contributed by atoms with E-state index in [4.69, 9.17) is 10.3 Å². The zero-order chi connectivity index (χ0) is 19.0. The highest BCUT2D eigenvalue weighted by molar-refractivity contribution is 7.88. The second kappa shape index (κ2) is 7.87. The molecular weight excluding hydrogens is 388 g/mol. The van der Waals surface area contributed by atoms with E-state index in [0.717, 1.165) is 25.7 Å². The van der Waals surface area contributed by atoms with Gasteiger partial charge in [0.05, 0.1) is 11.3 Å². The molecule has 0 spiro atoms. The maximum absolute atomic E-state index is 12.3. The van der Waals surface area contributed by atoms with Crippen molar-refractivity contribution in [2.45, 2.75) is 63.3 Å².